The quantitative estimate of drug-likeness (QED) is 0.764. The van der Waals surface area contributed by atoms with Crippen LogP contribution in [0.5, 0.6) is 5.75 Å². The van der Waals surface area contributed by atoms with Crippen molar-refractivity contribution in [3.05, 3.63) is 29.6 Å². The molecule has 14 heavy (non-hydrogen) atoms. The molecule has 1 rings (SSSR count). The smallest absolute Gasteiger partial charge is 0.125 e. The lowest BCUT2D eigenvalue weighted by molar-refractivity contribution is 0.120. The Morgan fingerprint density at radius 3 is 2.79 bits per heavy atom. The molecule has 0 amide bonds. The summed E-state index contributed by atoms with van der Waals surface area (Å²) in [6, 6.07) is 3.89. The van der Waals surface area contributed by atoms with Gasteiger partial charge in [0.1, 0.15) is 18.2 Å². The summed E-state index contributed by atoms with van der Waals surface area (Å²) in [6.45, 7) is 1.42. The fourth-order valence-corrected chi connectivity index (χ4v) is 1.02. The molecule has 0 saturated heterocycles. The first-order valence-electron chi connectivity index (χ1n) is 4.33. The van der Waals surface area contributed by atoms with Gasteiger partial charge in [0, 0.05) is 5.56 Å². The van der Waals surface area contributed by atoms with Crippen LogP contribution in [0.3, 0.4) is 0 Å². The molecule has 0 saturated carbocycles. The maximum Gasteiger partial charge on any atom is 0.125 e. The fourth-order valence-electron chi connectivity index (χ4n) is 1.02. The van der Waals surface area contributed by atoms with Crippen LogP contribution in [0, 0.1) is 5.82 Å². The summed E-state index contributed by atoms with van der Waals surface area (Å²) in [5, 5.41) is 17.9. The molecule has 4 heteroatoms. The minimum absolute atomic E-state index is 0.124. The summed E-state index contributed by atoms with van der Waals surface area (Å²) < 4.78 is 17.9. The van der Waals surface area contributed by atoms with Gasteiger partial charge in [-0.25, -0.2) is 4.39 Å². The highest BCUT2D eigenvalue weighted by Crippen LogP contribution is 2.19. The Hall–Kier alpha value is -1.13. The van der Waals surface area contributed by atoms with Crippen molar-refractivity contribution < 1.29 is 19.3 Å². The zero-order valence-corrected chi connectivity index (χ0v) is 7.90. The molecule has 1 atom stereocenters. The van der Waals surface area contributed by atoms with Crippen LogP contribution in [0.2, 0.25) is 0 Å². The van der Waals surface area contributed by atoms with Crippen molar-refractivity contribution in [2.75, 3.05) is 6.61 Å². The molecule has 78 valence electrons. The molecule has 3 nitrogen and oxygen atoms in total. The van der Waals surface area contributed by atoms with E-state index >= 15 is 0 Å². The van der Waals surface area contributed by atoms with Gasteiger partial charge in [-0.05, 0) is 25.1 Å². The third-order valence-corrected chi connectivity index (χ3v) is 1.67. The standard InChI is InChI=1S/C10H13FO3/c1-7(13)6-14-10-3-2-9(11)4-8(10)5-12/h2-4,7,12-13H,5-6H2,1H3. The van der Waals surface area contributed by atoms with Gasteiger partial charge >= 0.3 is 0 Å². The van der Waals surface area contributed by atoms with Crippen molar-refractivity contribution in [3.63, 3.8) is 0 Å². The lowest BCUT2D eigenvalue weighted by Crippen LogP contribution is -2.13. The Balaban J connectivity index is 2.75. The van der Waals surface area contributed by atoms with Gasteiger partial charge in [-0.3, -0.25) is 0 Å². The Morgan fingerprint density at radius 1 is 1.50 bits per heavy atom. The summed E-state index contributed by atoms with van der Waals surface area (Å²) >= 11 is 0. The van der Waals surface area contributed by atoms with Crippen molar-refractivity contribution in [3.8, 4) is 5.75 Å². The van der Waals surface area contributed by atoms with Gasteiger partial charge in [-0.15, -0.1) is 0 Å². The van der Waals surface area contributed by atoms with E-state index in [1.165, 1.54) is 18.2 Å². The number of halogens is 1. The summed E-state index contributed by atoms with van der Waals surface area (Å²) in [5.41, 5.74) is 0.380. The van der Waals surface area contributed by atoms with Crippen LogP contribution in [0.4, 0.5) is 4.39 Å². The SMILES string of the molecule is CC(O)COc1ccc(F)cc1CO. The number of hydrogen-bond acceptors (Lipinski definition) is 3. The average molecular weight is 200 g/mol. The molecule has 0 spiro atoms. The highest BCUT2D eigenvalue weighted by molar-refractivity contribution is 5.33. The number of aliphatic hydroxyl groups is 2. The van der Waals surface area contributed by atoms with E-state index in [0.717, 1.165) is 0 Å². The normalized spacial score (nSPS) is 12.6. The van der Waals surface area contributed by atoms with Gasteiger partial charge in [0.2, 0.25) is 0 Å². The number of aliphatic hydroxyl groups excluding tert-OH is 2. The molecule has 0 aliphatic rings. The fraction of sp³-hybridized carbons (Fsp3) is 0.400. The molecular formula is C10H13FO3. The van der Waals surface area contributed by atoms with Gasteiger partial charge in [-0.1, -0.05) is 0 Å². The van der Waals surface area contributed by atoms with E-state index in [1.54, 1.807) is 6.92 Å². The summed E-state index contributed by atoms with van der Waals surface area (Å²) in [4.78, 5) is 0. The van der Waals surface area contributed by atoms with Gasteiger partial charge in [0.25, 0.3) is 0 Å². The maximum absolute atomic E-state index is 12.7. The molecule has 0 radical (unpaired) electrons. The van der Waals surface area contributed by atoms with E-state index in [9.17, 15) is 4.39 Å². The number of benzene rings is 1. The average Bonchev–Trinajstić information content (AvgIpc) is 2.15. The van der Waals surface area contributed by atoms with E-state index < -0.39 is 11.9 Å². The van der Waals surface area contributed by atoms with Crippen LogP contribution in [0.1, 0.15) is 12.5 Å². The highest BCUT2D eigenvalue weighted by atomic mass is 19.1. The molecule has 0 aliphatic carbocycles. The molecule has 0 aromatic heterocycles. The van der Waals surface area contributed by atoms with Gasteiger partial charge in [-0.2, -0.15) is 0 Å². The van der Waals surface area contributed by atoms with Crippen LogP contribution in [-0.4, -0.2) is 22.9 Å². The van der Waals surface area contributed by atoms with Crippen molar-refractivity contribution in [1.82, 2.24) is 0 Å². The lowest BCUT2D eigenvalue weighted by atomic mass is 10.2. The highest BCUT2D eigenvalue weighted by Gasteiger charge is 2.05. The maximum atomic E-state index is 12.7. The largest absolute Gasteiger partial charge is 0.491 e. The van der Waals surface area contributed by atoms with Crippen molar-refractivity contribution in [2.24, 2.45) is 0 Å². The third-order valence-electron chi connectivity index (χ3n) is 1.67. The van der Waals surface area contributed by atoms with Crippen LogP contribution in [0.15, 0.2) is 18.2 Å². The van der Waals surface area contributed by atoms with Crippen LogP contribution >= 0.6 is 0 Å². The van der Waals surface area contributed by atoms with E-state index in [0.29, 0.717) is 11.3 Å². The second kappa shape index (κ2) is 4.93. The number of ether oxygens (including phenoxy) is 1. The Morgan fingerprint density at radius 2 is 2.21 bits per heavy atom. The van der Waals surface area contributed by atoms with Crippen LogP contribution in [-0.2, 0) is 6.61 Å². The molecule has 0 heterocycles. The first-order chi connectivity index (χ1) is 6.63. The van der Waals surface area contributed by atoms with Crippen LogP contribution < -0.4 is 4.74 Å². The number of hydrogen-bond donors (Lipinski definition) is 2. The van der Waals surface area contributed by atoms with Crippen molar-refractivity contribution in [1.29, 1.82) is 0 Å². The van der Waals surface area contributed by atoms with Gasteiger partial charge < -0.3 is 14.9 Å². The predicted molar refractivity (Wildman–Crippen MR) is 49.5 cm³/mol. The predicted octanol–water partition coefficient (Wildman–Crippen LogP) is 1.08. The molecule has 2 N–H and O–H groups in total. The summed E-state index contributed by atoms with van der Waals surface area (Å²) in [6.07, 6.45) is -0.591. The minimum Gasteiger partial charge on any atom is -0.491 e. The van der Waals surface area contributed by atoms with Crippen molar-refractivity contribution in [2.45, 2.75) is 19.6 Å². The zero-order chi connectivity index (χ0) is 10.6. The molecule has 1 aromatic rings. The van der Waals surface area contributed by atoms with Gasteiger partial charge in [0.15, 0.2) is 0 Å². The molecule has 1 unspecified atom stereocenters. The first-order valence-corrected chi connectivity index (χ1v) is 4.33. The number of rotatable bonds is 4. The molecule has 1 aromatic carbocycles. The van der Waals surface area contributed by atoms with Crippen LogP contribution in [0.25, 0.3) is 0 Å². The molecule has 0 aliphatic heterocycles. The lowest BCUT2D eigenvalue weighted by Gasteiger charge is -2.11. The van der Waals surface area contributed by atoms with E-state index in [-0.39, 0.29) is 13.2 Å². The summed E-state index contributed by atoms with van der Waals surface area (Å²) in [5.74, 6) is -0.0201. The second-order valence-corrected chi connectivity index (χ2v) is 3.07. The first kappa shape index (κ1) is 10.9. The summed E-state index contributed by atoms with van der Waals surface area (Å²) in [7, 11) is 0. The Bertz CT molecular complexity index is 299. The topological polar surface area (TPSA) is 49.7 Å². The Labute approximate surface area is 81.8 Å². The molecule has 0 bridgehead atoms. The van der Waals surface area contributed by atoms with E-state index in [1.807, 2.05) is 0 Å². The Kier molecular flexibility index (Phi) is 3.85. The molecular weight excluding hydrogens is 187 g/mol. The van der Waals surface area contributed by atoms with E-state index in [2.05, 4.69) is 0 Å². The van der Waals surface area contributed by atoms with E-state index in [4.69, 9.17) is 14.9 Å². The third kappa shape index (κ3) is 2.97. The zero-order valence-electron chi connectivity index (χ0n) is 7.90. The minimum atomic E-state index is -0.591. The molecule has 0 fully saturated rings. The second-order valence-electron chi connectivity index (χ2n) is 3.07. The van der Waals surface area contributed by atoms with Crippen molar-refractivity contribution >= 4 is 0 Å². The monoisotopic (exact) mass is 200 g/mol. The van der Waals surface area contributed by atoms with Gasteiger partial charge in [0.05, 0.1) is 12.7 Å².